The lowest BCUT2D eigenvalue weighted by atomic mass is 9.94. The first kappa shape index (κ1) is 29.5. The van der Waals surface area contributed by atoms with Gasteiger partial charge in [0.25, 0.3) is 0 Å². The third-order valence-electron chi connectivity index (χ3n) is 5.28. The number of rotatable bonds is 6. The fraction of sp³-hybridized carbons (Fsp3) is 0.250. The van der Waals surface area contributed by atoms with Crippen LogP contribution in [0.25, 0.3) is 4.91 Å². The van der Waals surface area contributed by atoms with E-state index in [0.717, 1.165) is 4.91 Å². The third-order valence-corrected chi connectivity index (χ3v) is 6.93. The van der Waals surface area contributed by atoms with Crippen LogP contribution in [0, 0.1) is 5.82 Å². The summed E-state index contributed by atoms with van der Waals surface area (Å²) in [6, 6.07) is 11.0. The molecule has 1 unspecified atom stereocenters. The molecule has 0 N–H and O–H groups in total. The fourth-order valence-electron chi connectivity index (χ4n) is 3.67. The maximum absolute atomic E-state index is 15.0. The Hall–Kier alpha value is -1.74. The van der Waals surface area contributed by atoms with E-state index in [1.165, 1.54) is 17.8 Å². The van der Waals surface area contributed by atoms with Crippen molar-refractivity contribution in [2.24, 2.45) is 4.99 Å². The monoisotopic (exact) mass is 577 g/mol. The van der Waals surface area contributed by atoms with Crippen molar-refractivity contribution < 1.29 is 13.9 Å². The summed E-state index contributed by atoms with van der Waals surface area (Å²) in [6.45, 7) is 2.53. The van der Waals surface area contributed by atoms with Crippen LogP contribution in [0.3, 0.4) is 0 Å². The number of allylic oxidation sites excluding steroid dienone is 1. The number of ether oxygens (including phenoxy) is 1. The summed E-state index contributed by atoms with van der Waals surface area (Å²) in [5.41, 5.74) is 1.80. The molecule has 2 aromatic rings. The van der Waals surface area contributed by atoms with E-state index in [2.05, 4.69) is 4.99 Å². The molecule has 1 atom stereocenters. The van der Waals surface area contributed by atoms with Gasteiger partial charge < -0.3 is 14.5 Å². The molecule has 0 saturated heterocycles. The van der Waals surface area contributed by atoms with Gasteiger partial charge in [0.15, 0.2) is 5.17 Å². The summed E-state index contributed by atoms with van der Waals surface area (Å²) in [4.78, 5) is 22.3. The Morgan fingerprint density at radius 3 is 2.43 bits per heavy atom. The zero-order valence-corrected chi connectivity index (χ0v) is 23.1. The number of esters is 1. The normalized spacial score (nSPS) is 16.8. The minimum atomic E-state index is -0.739. The summed E-state index contributed by atoms with van der Waals surface area (Å²) in [7, 11) is 3.79. The molecule has 35 heavy (non-hydrogen) atoms. The van der Waals surface area contributed by atoms with Gasteiger partial charge in [-0.2, -0.15) is 0 Å². The largest absolute Gasteiger partial charge is 0.461 e. The number of carbonyl (C=O) groups is 1. The van der Waals surface area contributed by atoms with Crippen LogP contribution >= 0.6 is 59.8 Å². The molecule has 0 bridgehead atoms. The Balaban J connectivity index is 0.00000216. The molecule has 0 amide bonds. The molecule has 4 rings (SSSR count). The average molecular weight is 579 g/mol. The molecular weight excluding hydrogens is 555 g/mol. The van der Waals surface area contributed by atoms with E-state index in [0.29, 0.717) is 44.2 Å². The van der Waals surface area contributed by atoms with Crippen LogP contribution < -0.4 is 0 Å². The van der Waals surface area contributed by atoms with Gasteiger partial charge in [0.2, 0.25) is 0 Å². The number of thioether (sulfide) groups is 1. The minimum Gasteiger partial charge on any atom is -0.461 e. The highest BCUT2D eigenvalue weighted by Crippen LogP contribution is 2.49. The first-order valence-electron chi connectivity index (χ1n) is 10.3. The van der Waals surface area contributed by atoms with Gasteiger partial charge in [-0.05, 0) is 51.0 Å². The first-order valence-corrected chi connectivity index (χ1v) is 11.8. The number of hydrogen-bond acceptors (Lipinski definition) is 6. The van der Waals surface area contributed by atoms with Crippen LogP contribution in [0.1, 0.15) is 24.1 Å². The number of amidine groups is 1. The Morgan fingerprint density at radius 2 is 1.80 bits per heavy atom. The Labute approximate surface area is 230 Å². The van der Waals surface area contributed by atoms with Gasteiger partial charge in [0.1, 0.15) is 12.4 Å². The van der Waals surface area contributed by atoms with E-state index >= 15 is 0 Å². The van der Waals surface area contributed by atoms with Gasteiger partial charge in [-0.1, -0.05) is 47.5 Å². The lowest BCUT2D eigenvalue weighted by molar-refractivity contribution is -0.140. The number of aliphatic imine (C=N–C) groups is 1. The van der Waals surface area contributed by atoms with Crippen LogP contribution in [-0.4, -0.2) is 48.2 Å². The molecule has 11 heteroatoms. The molecule has 2 aliphatic heterocycles. The highest BCUT2D eigenvalue weighted by molar-refractivity contribution is 8.22. The Morgan fingerprint density at radius 1 is 1.14 bits per heavy atom. The predicted molar refractivity (Wildman–Crippen MR) is 147 cm³/mol. The predicted octanol–water partition coefficient (Wildman–Crippen LogP) is 6.81. The van der Waals surface area contributed by atoms with E-state index in [9.17, 15) is 9.18 Å². The summed E-state index contributed by atoms with van der Waals surface area (Å²) < 4.78 is 20.5. The topological polar surface area (TPSA) is 45.1 Å². The zero-order valence-electron chi connectivity index (χ0n) is 19.1. The molecule has 0 aliphatic carbocycles. The van der Waals surface area contributed by atoms with Crippen molar-refractivity contribution in [2.45, 2.75) is 13.0 Å². The van der Waals surface area contributed by atoms with Crippen molar-refractivity contribution in [3.05, 3.63) is 86.9 Å². The zero-order chi connectivity index (χ0) is 23.7. The third kappa shape index (κ3) is 6.16. The smallest absolute Gasteiger partial charge is 0.338 e. The number of halogens is 5. The van der Waals surface area contributed by atoms with E-state index in [1.54, 1.807) is 48.2 Å². The van der Waals surface area contributed by atoms with Crippen molar-refractivity contribution in [1.82, 2.24) is 9.80 Å². The second kappa shape index (κ2) is 12.5. The van der Waals surface area contributed by atoms with Crippen molar-refractivity contribution >= 4 is 75.8 Å². The number of fused-ring (bicyclic) bond motifs is 1. The molecular formula is C24H24Cl4FN3O2S. The fourth-order valence-corrected chi connectivity index (χ4v) is 5.52. The summed E-state index contributed by atoms with van der Waals surface area (Å²) >= 11 is 14.2. The molecule has 0 aromatic heterocycles. The SMILES string of the molecule is CC1=C(C(=O)OCCN(C)C)C(c2ccccc2F)N2C=C(c3c(Cl)cccc3Cl)SC2=N1.Cl.Cl. The van der Waals surface area contributed by atoms with Gasteiger partial charge in [0, 0.05) is 28.8 Å². The quantitative estimate of drug-likeness (QED) is 0.352. The molecule has 0 saturated carbocycles. The van der Waals surface area contributed by atoms with Crippen LogP contribution in [0.15, 0.2) is 64.9 Å². The molecule has 0 radical (unpaired) electrons. The second-order valence-electron chi connectivity index (χ2n) is 7.86. The summed E-state index contributed by atoms with van der Waals surface area (Å²) in [5.74, 6) is -0.939. The summed E-state index contributed by atoms with van der Waals surface area (Å²) in [6.07, 6.45) is 1.81. The van der Waals surface area contributed by atoms with Gasteiger partial charge in [-0.3, -0.25) is 0 Å². The van der Waals surface area contributed by atoms with E-state index < -0.39 is 17.8 Å². The van der Waals surface area contributed by atoms with Crippen LogP contribution in [0.5, 0.6) is 0 Å². The second-order valence-corrected chi connectivity index (χ2v) is 9.68. The maximum atomic E-state index is 15.0. The maximum Gasteiger partial charge on any atom is 0.338 e. The first-order chi connectivity index (χ1) is 15.8. The Bertz CT molecular complexity index is 1180. The number of likely N-dealkylation sites (N-methyl/N-ethyl adjacent to an activating group) is 1. The van der Waals surface area contributed by atoms with Gasteiger partial charge >= 0.3 is 5.97 Å². The number of nitrogens with zero attached hydrogens (tertiary/aromatic N) is 3. The molecule has 188 valence electrons. The highest BCUT2D eigenvalue weighted by Gasteiger charge is 2.41. The Kier molecular flexibility index (Phi) is 10.5. The average Bonchev–Trinajstić information content (AvgIpc) is 3.15. The number of carbonyl (C=O) groups excluding carboxylic acids is 1. The van der Waals surface area contributed by atoms with Gasteiger partial charge in [-0.15, -0.1) is 24.8 Å². The molecule has 0 fully saturated rings. The lowest BCUT2D eigenvalue weighted by Gasteiger charge is -2.33. The standard InChI is InChI=1S/C24H22Cl2FN3O2S.2ClH/c1-14-20(23(31)32-12-11-29(2)3)22(15-7-4-5-10-18(15)27)30-13-19(33-24(30)28-14)21-16(25)8-6-9-17(21)26;;/h4-10,13,22H,11-12H2,1-3H3;2*1H. The number of hydrogen-bond donors (Lipinski definition) is 0. The van der Waals surface area contributed by atoms with Gasteiger partial charge in [0.05, 0.1) is 27.4 Å². The summed E-state index contributed by atoms with van der Waals surface area (Å²) in [5, 5.41) is 1.60. The molecule has 2 aromatic carbocycles. The van der Waals surface area contributed by atoms with Gasteiger partial charge in [-0.25, -0.2) is 14.2 Å². The van der Waals surface area contributed by atoms with E-state index in [-0.39, 0.29) is 31.4 Å². The lowest BCUT2D eigenvalue weighted by Crippen LogP contribution is -2.35. The van der Waals surface area contributed by atoms with E-state index in [1.807, 2.05) is 25.2 Å². The van der Waals surface area contributed by atoms with Crippen LogP contribution in [0.4, 0.5) is 4.39 Å². The molecule has 0 spiro atoms. The van der Waals surface area contributed by atoms with Crippen LogP contribution in [-0.2, 0) is 9.53 Å². The highest BCUT2D eigenvalue weighted by atomic mass is 35.5. The van der Waals surface area contributed by atoms with Crippen molar-refractivity contribution in [1.29, 1.82) is 0 Å². The molecule has 5 nitrogen and oxygen atoms in total. The van der Waals surface area contributed by atoms with Crippen molar-refractivity contribution in [3.8, 4) is 0 Å². The minimum absolute atomic E-state index is 0. The molecule has 2 aliphatic rings. The van der Waals surface area contributed by atoms with Crippen molar-refractivity contribution in [2.75, 3.05) is 27.2 Å². The van der Waals surface area contributed by atoms with Crippen molar-refractivity contribution in [3.63, 3.8) is 0 Å². The molecule has 2 heterocycles. The van der Waals surface area contributed by atoms with Crippen LogP contribution in [0.2, 0.25) is 10.0 Å². The van der Waals surface area contributed by atoms with E-state index in [4.69, 9.17) is 27.9 Å². The number of benzene rings is 2.